The molecule has 0 saturated carbocycles. The van der Waals surface area contributed by atoms with Crippen molar-refractivity contribution in [1.29, 1.82) is 0 Å². The second kappa shape index (κ2) is 8.32. The van der Waals surface area contributed by atoms with Crippen LogP contribution in [-0.2, 0) is 11.3 Å². The number of halogens is 1. The fraction of sp³-hybridized carbons (Fsp3) is 0.350. The predicted molar refractivity (Wildman–Crippen MR) is 100 cm³/mol. The quantitative estimate of drug-likeness (QED) is 0.921. The van der Waals surface area contributed by atoms with E-state index in [1.165, 1.54) is 16.7 Å². The van der Waals surface area contributed by atoms with Gasteiger partial charge in [-0.2, -0.15) is 0 Å². The van der Waals surface area contributed by atoms with Crippen LogP contribution in [0.15, 0.2) is 54.6 Å². The van der Waals surface area contributed by atoms with Gasteiger partial charge in [-0.15, -0.1) is 12.4 Å². The lowest BCUT2D eigenvalue weighted by atomic mass is 9.84. The largest absolute Gasteiger partial charge is 0.337 e. The Morgan fingerprint density at radius 3 is 2.54 bits per heavy atom. The summed E-state index contributed by atoms with van der Waals surface area (Å²) < 4.78 is 0. The molecule has 4 heteroatoms. The molecule has 24 heavy (non-hydrogen) atoms. The zero-order valence-corrected chi connectivity index (χ0v) is 15.1. The van der Waals surface area contributed by atoms with E-state index < -0.39 is 0 Å². The van der Waals surface area contributed by atoms with Gasteiger partial charge in [0.15, 0.2) is 0 Å². The Morgan fingerprint density at radius 1 is 1.17 bits per heavy atom. The summed E-state index contributed by atoms with van der Waals surface area (Å²) >= 11 is 0. The molecule has 0 aromatic heterocycles. The highest BCUT2D eigenvalue weighted by molar-refractivity contribution is 5.85. The summed E-state index contributed by atoms with van der Waals surface area (Å²) in [5.41, 5.74) is 3.89. The first-order valence-electron chi connectivity index (χ1n) is 8.27. The maximum Gasteiger partial charge on any atom is 0.227 e. The lowest BCUT2D eigenvalue weighted by Gasteiger charge is -2.36. The van der Waals surface area contributed by atoms with Crippen molar-refractivity contribution in [1.82, 2.24) is 10.2 Å². The molecule has 1 heterocycles. The van der Waals surface area contributed by atoms with Crippen LogP contribution in [0.5, 0.6) is 0 Å². The van der Waals surface area contributed by atoms with E-state index in [-0.39, 0.29) is 30.2 Å². The van der Waals surface area contributed by atoms with Gasteiger partial charge in [-0.25, -0.2) is 0 Å². The van der Waals surface area contributed by atoms with E-state index in [2.05, 4.69) is 53.8 Å². The molecule has 128 valence electrons. The van der Waals surface area contributed by atoms with Gasteiger partial charge in [-0.1, -0.05) is 61.5 Å². The Kier molecular flexibility index (Phi) is 6.41. The minimum atomic E-state index is 0. The van der Waals surface area contributed by atoms with Crippen molar-refractivity contribution in [3.05, 3.63) is 71.3 Å². The van der Waals surface area contributed by atoms with Gasteiger partial charge >= 0.3 is 0 Å². The topological polar surface area (TPSA) is 32.3 Å². The monoisotopic (exact) mass is 344 g/mol. The maximum atomic E-state index is 12.8. The number of benzene rings is 2. The molecule has 0 radical (unpaired) electrons. The third-order valence-corrected chi connectivity index (χ3v) is 4.64. The van der Waals surface area contributed by atoms with Crippen LogP contribution in [0.1, 0.15) is 29.5 Å². The van der Waals surface area contributed by atoms with E-state index in [0.717, 1.165) is 6.54 Å². The Labute approximate surface area is 150 Å². The second-order valence-electron chi connectivity index (χ2n) is 6.34. The Bertz CT molecular complexity index is 674. The number of hydrogen-bond donors (Lipinski definition) is 1. The number of carbonyl (C=O) groups is 1. The molecule has 2 atom stereocenters. The average Bonchev–Trinajstić information content (AvgIpc) is 2.61. The van der Waals surface area contributed by atoms with Crippen molar-refractivity contribution in [2.45, 2.75) is 19.4 Å². The van der Waals surface area contributed by atoms with Crippen LogP contribution in [-0.4, -0.2) is 30.9 Å². The van der Waals surface area contributed by atoms with Crippen LogP contribution in [0.2, 0.25) is 0 Å². The molecule has 1 amide bonds. The van der Waals surface area contributed by atoms with E-state index in [1.54, 1.807) is 0 Å². The minimum absolute atomic E-state index is 0. The molecule has 3 nitrogen and oxygen atoms in total. The van der Waals surface area contributed by atoms with E-state index in [1.807, 2.05) is 24.9 Å². The molecule has 0 aliphatic carbocycles. The molecule has 3 rings (SSSR count). The van der Waals surface area contributed by atoms with Gasteiger partial charge in [0.05, 0.1) is 0 Å². The van der Waals surface area contributed by atoms with Crippen molar-refractivity contribution < 1.29 is 4.79 Å². The average molecular weight is 345 g/mol. The minimum Gasteiger partial charge on any atom is -0.337 e. The fourth-order valence-corrected chi connectivity index (χ4v) is 3.45. The number of nitrogens with zero attached hydrogens (tertiary/aromatic N) is 1. The van der Waals surface area contributed by atoms with Gasteiger partial charge in [0.1, 0.15) is 0 Å². The van der Waals surface area contributed by atoms with E-state index in [4.69, 9.17) is 0 Å². The third kappa shape index (κ3) is 3.80. The van der Waals surface area contributed by atoms with Crippen molar-refractivity contribution in [3.63, 3.8) is 0 Å². The highest BCUT2D eigenvalue weighted by atomic mass is 35.5. The first-order chi connectivity index (χ1) is 11.2. The molecule has 1 N–H and O–H groups in total. The molecule has 2 aromatic rings. The summed E-state index contributed by atoms with van der Waals surface area (Å²) in [5.74, 6) is 0.489. The van der Waals surface area contributed by atoms with Crippen LogP contribution in [0, 0.1) is 5.92 Å². The van der Waals surface area contributed by atoms with Gasteiger partial charge in [0.2, 0.25) is 5.91 Å². The SMILES string of the molecule is CNCC(C)C(=O)N1Cc2ccccc2C(c2ccccc2)C1.Cl. The smallest absolute Gasteiger partial charge is 0.227 e. The molecule has 2 aromatic carbocycles. The van der Waals surface area contributed by atoms with E-state index in [0.29, 0.717) is 13.1 Å². The summed E-state index contributed by atoms with van der Waals surface area (Å²) in [6.45, 7) is 4.18. The van der Waals surface area contributed by atoms with Crippen molar-refractivity contribution in [2.24, 2.45) is 5.92 Å². The zero-order valence-electron chi connectivity index (χ0n) is 14.2. The lowest BCUT2D eigenvalue weighted by molar-refractivity contribution is -0.136. The Hall–Kier alpha value is -1.84. The first-order valence-corrected chi connectivity index (χ1v) is 8.27. The number of rotatable bonds is 4. The maximum absolute atomic E-state index is 12.8. The number of carbonyl (C=O) groups excluding carboxylic acids is 1. The predicted octanol–water partition coefficient (Wildman–Crippen LogP) is 3.44. The molecule has 2 unspecified atom stereocenters. The van der Waals surface area contributed by atoms with E-state index >= 15 is 0 Å². The first kappa shape index (κ1) is 18.5. The highest BCUT2D eigenvalue weighted by Crippen LogP contribution is 2.33. The molecule has 0 fully saturated rings. The van der Waals surface area contributed by atoms with E-state index in [9.17, 15) is 4.79 Å². The van der Waals surface area contributed by atoms with Gasteiger partial charge in [-0.3, -0.25) is 4.79 Å². The standard InChI is InChI=1S/C20H24N2O.ClH/c1-15(12-21-2)20(23)22-13-17-10-6-7-11-18(17)19(14-22)16-8-4-3-5-9-16;/h3-11,15,19,21H,12-14H2,1-2H3;1H. The molecule has 0 spiro atoms. The molecule has 1 aliphatic rings. The highest BCUT2D eigenvalue weighted by Gasteiger charge is 2.30. The normalized spacial score (nSPS) is 17.6. The number of nitrogens with one attached hydrogen (secondary N) is 1. The fourth-order valence-electron chi connectivity index (χ4n) is 3.45. The molecular formula is C20H25ClN2O. The van der Waals surface area contributed by atoms with Crippen LogP contribution >= 0.6 is 12.4 Å². The van der Waals surface area contributed by atoms with Crippen molar-refractivity contribution in [2.75, 3.05) is 20.1 Å². The summed E-state index contributed by atoms with van der Waals surface area (Å²) in [4.78, 5) is 14.8. The van der Waals surface area contributed by atoms with Crippen LogP contribution in [0.25, 0.3) is 0 Å². The van der Waals surface area contributed by atoms with Gasteiger partial charge < -0.3 is 10.2 Å². The second-order valence-corrected chi connectivity index (χ2v) is 6.34. The summed E-state index contributed by atoms with van der Waals surface area (Å²) in [5, 5.41) is 3.10. The van der Waals surface area contributed by atoms with Crippen LogP contribution in [0.4, 0.5) is 0 Å². The van der Waals surface area contributed by atoms with Gasteiger partial charge in [0.25, 0.3) is 0 Å². The van der Waals surface area contributed by atoms with Crippen LogP contribution in [0.3, 0.4) is 0 Å². The van der Waals surface area contributed by atoms with Crippen molar-refractivity contribution >= 4 is 18.3 Å². The number of fused-ring (bicyclic) bond motifs is 1. The van der Waals surface area contributed by atoms with Crippen LogP contribution < -0.4 is 5.32 Å². The van der Waals surface area contributed by atoms with Gasteiger partial charge in [0, 0.05) is 31.5 Å². The molecule has 0 saturated heterocycles. The number of amides is 1. The Balaban J connectivity index is 0.00000208. The summed E-state index contributed by atoms with van der Waals surface area (Å²) in [6.07, 6.45) is 0. The molecule has 1 aliphatic heterocycles. The summed E-state index contributed by atoms with van der Waals surface area (Å²) in [6, 6.07) is 19.0. The molecular weight excluding hydrogens is 320 g/mol. The van der Waals surface area contributed by atoms with Crippen molar-refractivity contribution in [3.8, 4) is 0 Å². The molecule has 0 bridgehead atoms. The van der Waals surface area contributed by atoms with Gasteiger partial charge in [-0.05, 0) is 23.7 Å². The summed E-state index contributed by atoms with van der Waals surface area (Å²) in [7, 11) is 1.89. The zero-order chi connectivity index (χ0) is 16.2. The Morgan fingerprint density at radius 2 is 1.83 bits per heavy atom. The third-order valence-electron chi connectivity index (χ3n) is 4.64. The number of hydrogen-bond acceptors (Lipinski definition) is 2. The lowest BCUT2D eigenvalue weighted by Crippen LogP contribution is -2.43.